The average molecular weight is 240 g/mol. The molecule has 3 heteroatoms. The maximum atomic E-state index is 8.66. The van der Waals surface area contributed by atoms with Crippen LogP contribution >= 0.6 is 0 Å². The van der Waals surface area contributed by atoms with Gasteiger partial charge in [-0.3, -0.25) is 0 Å². The summed E-state index contributed by atoms with van der Waals surface area (Å²) < 4.78 is 5.90. The van der Waals surface area contributed by atoms with E-state index in [1.807, 2.05) is 6.92 Å². The SMILES string of the molecule is C/C(C#CCO[Si](C)(C)C(C)(C)C)=C\CO. The van der Waals surface area contributed by atoms with Crippen molar-refractivity contribution in [2.24, 2.45) is 0 Å². The van der Waals surface area contributed by atoms with E-state index < -0.39 is 8.32 Å². The zero-order valence-electron chi connectivity index (χ0n) is 11.3. The number of hydrogen-bond acceptors (Lipinski definition) is 2. The van der Waals surface area contributed by atoms with Crippen molar-refractivity contribution in [3.05, 3.63) is 11.6 Å². The van der Waals surface area contributed by atoms with Crippen LogP contribution in [0, 0.1) is 11.8 Å². The highest BCUT2D eigenvalue weighted by molar-refractivity contribution is 6.74. The maximum absolute atomic E-state index is 8.66. The molecule has 0 aromatic heterocycles. The number of allylic oxidation sites excluding steroid dienone is 1. The zero-order valence-corrected chi connectivity index (χ0v) is 12.3. The standard InChI is InChI=1S/C13H24O2Si/c1-12(9-10-14)8-7-11-15-16(5,6)13(2,3)4/h9,14H,10-11H2,1-6H3/b12-9+. The zero-order chi connectivity index (χ0) is 12.8. The summed E-state index contributed by atoms with van der Waals surface area (Å²) in [7, 11) is -1.67. The Morgan fingerprint density at radius 2 is 1.94 bits per heavy atom. The van der Waals surface area contributed by atoms with Crippen LogP contribution in [0.5, 0.6) is 0 Å². The minimum absolute atomic E-state index is 0.0452. The van der Waals surface area contributed by atoms with Crippen LogP contribution in [-0.4, -0.2) is 26.6 Å². The van der Waals surface area contributed by atoms with E-state index in [4.69, 9.17) is 9.53 Å². The second-order valence-corrected chi connectivity index (χ2v) is 10.2. The van der Waals surface area contributed by atoms with Crippen LogP contribution in [-0.2, 0) is 4.43 Å². The van der Waals surface area contributed by atoms with Crippen LogP contribution in [0.25, 0.3) is 0 Å². The van der Waals surface area contributed by atoms with E-state index in [1.165, 1.54) is 0 Å². The fourth-order valence-corrected chi connectivity index (χ4v) is 1.66. The summed E-state index contributed by atoms with van der Waals surface area (Å²) in [6, 6.07) is 0. The van der Waals surface area contributed by atoms with Crippen molar-refractivity contribution in [2.45, 2.75) is 45.8 Å². The molecule has 0 bridgehead atoms. The third kappa shape index (κ3) is 5.50. The molecule has 0 aromatic carbocycles. The van der Waals surface area contributed by atoms with Crippen molar-refractivity contribution in [3.8, 4) is 11.8 Å². The Labute approximate surface area is 101 Å². The predicted octanol–water partition coefficient (Wildman–Crippen LogP) is 2.95. The normalized spacial score (nSPS) is 13.3. The van der Waals surface area contributed by atoms with E-state index in [0.717, 1.165) is 5.57 Å². The summed E-state index contributed by atoms with van der Waals surface area (Å²) >= 11 is 0. The lowest BCUT2D eigenvalue weighted by atomic mass is 10.2. The van der Waals surface area contributed by atoms with Crippen molar-refractivity contribution in [1.82, 2.24) is 0 Å². The highest BCUT2D eigenvalue weighted by Crippen LogP contribution is 2.36. The summed E-state index contributed by atoms with van der Waals surface area (Å²) in [5, 5.41) is 8.89. The molecular weight excluding hydrogens is 216 g/mol. The Morgan fingerprint density at radius 1 is 1.38 bits per heavy atom. The van der Waals surface area contributed by atoms with Gasteiger partial charge in [0.1, 0.15) is 0 Å². The third-order valence-electron chi connectivity index (χ3n) is 2.99. The molecule has 0 saturated carbocycles. The van der Waals surface area contributed by atoms with E-state index in [1.54, 1.807) is 6.08 Å². The van der Waals surface area contributed by atoms with E-state index in [-0.39, 0.29) is 11.6 Å². The molecule has 0 rings (SSSR count). The van der Waals surface area contributed by atoms with Gasteiger partial charge in [0.05, 0.1) is 13.2 Å². The lowest BCUT2D eigenvalue weighted by Gasteiger charge is -2.35. The van der Waals surface area contributed by atoms with Crippen molar-refractivity contribution < 1.29 is 9.53 Å². The van der Waals surface area contributed by atoms with E-state index in [9.17, 15) is 0 Å². The minimum Gasteiger partial charge on any atom is -0.406 e. The van der Waals surface area contributed by atoms with Crippen LogP contribution in [0.3, 0.4) is 0 Å². The van der Waals surface area contributed by atoms with Crippen molar-refractivity contribution in [1.29, 1.82) is 0 Å². The smallest absolute Gasteiger partial charge is 0.193 e. The Morgan fingerprint density at radius 3 is 2.38 bits per heavy atom. The molecule has 0 heterocycles. The lowest BCUT2D eigenvalue weighted by Crippen LogP contribution is -2.40. The monoisotopic (exact) mass is 240 g/mol. The first-order valence-corrected chi connectivity index (χ1v) is 8.52. The second kappa shape index (κ2) is 6.24. The van der Waals surface area contributed by atoms with E-state index >= 15 is 0 Å². The summed E-state index contributed by atoms with van der Waals surface area (Å²) in [6.45, 7) is 13.5. The van der Waals surface area contributed by atoms with Crippen LogP contribution in [0.15, 0.2) is 11.6 Å². The maximum Gasteiger partial charge on any atom is 0.193 e. The molecule has 0 unspecified atom stereocenters. The molecule has 0 radical (unpaired) electrons. The molecule has 0 aliphatic rings. The summed E-state index contributed by atoms with van der Waals surface area (Å²) in [6.07, 6.45) is 1.69. The average Bonchev–Trinajstić information content (AvgIpc) is 2.11. The highest BCUT2D eigenvalue weighted by Gasteiger charge is 2.36. The van der Waals surface area contributed by atoms with E-state index in [0.29, 0.717) is 6.61 Å². The van der Waals surface area contributed by atoms with Crippen LogP contribution in [0.1, 0.15) is 27.7 Å². The van der Waals surface area contributed by atoms with Gasteiger partial charge in [-0.1, -0.05) is 32.6 Å². The Bertz CT molecular complexity index is 300. The molecule has 1 N–H and O–H groups in total. The van der Waals surface area contributed by atoms with Gasteiger partial charge in [-0.05, 0) is 36.7 Å². The van der Waals surface area contributed by atoms with Crippen molar-refractivity contribution >= 4 is 8.32 Å². The molecule has 0 fully saturated rings. The molecule has 0 atom stereocenters. The first-order valence-electron chi connectivity index (χ1n) is 5.61. The van der Waals surface area contributed by atoms with Crippen molar-refractivity contribution in [3.63, 3.8) is 0 Å². The molecule has 0 aliphatic carbocycles. The Balaban J connectivity index is 4.23. The summed E-state index contributed by atoms with van der Waals surface area (Å²) in [5.74, 6) is 5.94. The first-order chi connectivity index (χ1) is 7.20. The fourth-order valence-electron chi connectivity index (χ4n) is 0.796. The van der Waals surface area contributed by atoms with Crippen LogP contribution < -0.4 is 0 Å². The second-order valence-electron chi connectivity index (χ2n) is 5.42. The number of rotatable bonds is 3. The van der Waals surface area contributed by atoms with Crippen molar-refractivity contribution in [2.75, 3.05) is 13.2 Å². The van der Waals surface area contributed by atoms with Gasteiger partial charge in [-0.15, -0.1) is 0 Å². The number of aliphatic hydroxyl groups is 1. The summed E-state index contributed by atoms with van der Waals surface area (Å²) in [5.41, 5.74) is 0.890. The molecule has 0 saturated heterocycles. The third-order valence-corrected chi connectivity index (χ3v) is 7.47. The fraction of sp³-hybridized carbons (Fsp3) is 0.692. The Hall–Kier alpha value is -0.563. The van der Waals surface area contributed by atoms with Gasteiger partial charge in [0.2, 0.25) is 0 Å². The van der Waals surface area contributed by atoms with Gasteiger partial charge in [0, 0.05) is 0 Å². The Kier molecular flexibility index (Phi) is 6.02. The van der Waals surface area contributed by atoms with Gasteiger partial charge in [-0.2, -0.15) is 0 Å². The topological polar surface area (TPSA) is 29.5 Å². The number of hydrogen-bond donors (Lipinski definition) is 1. The largest absolute Gasteiger partial charge is 0.406 e. The molecule has 0 aromatic rings. The van der Waals surface area contributed by atoms with Gasteiger partial charge in [0.25, 0.3) is 0 Å². The number of aliphatic hydroxyl groups excluding tert-OH is 1. The molecule has 0 amide bonds. The minimum atomic E-state index is -1.67. The molecule has 92 valence electrons. The highest BCUT2D eigenvalue weighted by atomic mass is 28.4. The predicted molar refractivity (Wildman–Crippen MR) is 71.8 cm³/mol. The van der Waals surface area contributed by atoms with Gasteiger partial charge >= 0.3 is 0 Å². The lowest BCUT2D eigenvalue weighted by molar-refractivity contribution is 0.334. The quantitative estimate of drug-likeness (QED) is 0.607. The van der Waals surface area contributed by atoms with Gasteiger partial charge in [0.15, 0.2) is 8.32 Å². The van der Waals surface area contributed by atoms with Gasteiger partial charge < -0.3 is 9.53 Å². The van der Waals surface area contributed by atoms with Crippen LogP contribution in [0.2, 0.25) is 18.1 Å². The molecular formula is C13H24O2Si. The molecule has 16 heavy (non-hydrogen) atoms. The van der Waals surface area contributed by atoms with E-state index in [2.05, 4.69) is 45.7 Å². The summed E-state index contributed by atoms with van der Waals surface area (Å²) in [4.78, 5) is 0. The van der Waals surface area contributed by atoms with Crippen LogP contribution in [0.4, 0.5) is 0 Å². The van der Waals surface area contributed by atoms with Gasteiger partial charge in [-0.25, -0.2) is 0 Å². The molecule has 0 aliphatic heterocycles. The first kappa shape index (κ1) is 15.4. The molecule has 0 spiro atoms. The molecule has 2 nitrogen and oxygen atoms in total.